The minimum Gasteiger partial charge on any atom is -0.378 e. The van der Waals surface area contributed by atoms with Crippen molar-refractivity contribution in [3.63, 3.8) is 0 Å². The zero-order valence-electron chi connectivity index (χ0n) is 17.6. The van der Waals surface area contributed by atoms with Crippen molar-refractivity contribution in [3.05, 3.63) is 35.9 Å². The number of nitrogens with zero attached hydrogens (tertiary/aromatic N) is 4. The molecular formula is C21H33N7O2. The molecule has 1 saturated heterocycles. The van der Waals surface area contributed by atoms with Gasteiger partial charge in [-0.05, 0) is 24.8 Å². The van der Waals surface area contributed by atoms with Crippen LogP contribution in [0.15, 0.2) is 30.3 Å². The number of ether oxygens (including phenoxy) is 2. The van der Waals surface area contributed by atoms with Crippen molar-refractivity contribution in [2.45, 2.75) is 19.3 Å². The number of anilines is 3. The van der Waals surface area contributed by atoms with Crippen molar-refractivity contribution in [2.24, 2.45) is 5.73 Å². The van der Waals surface area contributed by atoms with Crippen molar-refractivity contribution >= 4 is 17.8 Å². The summed E-state index contributed by atoms with van der Waals surface area (Å²) in [7, 11) is 0. The number of nitrogens with two attached hydrogens (primary N) is 1. The molecule has 30 heavy (non-hydrogen) atoms. The van der Waals surface area contributed by atoms with Gasteiger partial charge in [0.2, 0.25) is 17.8 Å². The fourth-order valence-electron chi connectivity index (χ4n) is 3.19. The number of hydrogen-bond donors (Lipinski definition) is 3. The Hall–Kier alpha value is -2.49. The Kier molecular flexibility index (Phi) is 9.58. The van der Waals surface area contributed by atoms with E-state index in [2.05, 4.69) is 54.8 Å². The lowest BCUT2D eigenvalue weighted by Crippen LogP contribution is -2.23. The Morgan fingerprint density at radius 1 is 0.833 bits per heavy atom. The van der Waals surface area contributed by atoms with Crippen LogP contribution in [0.3, 0.4) is 0 Å². The fraction of sp³-hybridized carbons (Fsp3) is 0.571. The van der Waals surface area contributed by atoms with Crippen LogP contribution in [0, 0.1) is 0 Å². The van der Waals surface area contributed by atoms with Gasteiger partial charge in [-0.1, -0.05) is 30.3 Å². The normalized spacial score (nSPS) is 13.6. The first kappa shape index (κ1) is 22.2. The van der Waals surface area contributed by atoms with Crippen molar-refractivity contribution in [1.82, 2.24) is 15.0 Å². The summed E-state index contributed by atoms with van der Waals surface area (Å²) in [4.78, 5) is 16.0. The third-order valence-electron chi connectivity index (χ3n) is 4.72. The highest BCUT2D eigenvalue weighted by Crippen LogP contribution is 2.18. The van der Waals surface area contributed by atoms with E-state index in [1.165, 1.54) is 18.4 Å². The zero-order chi connectivity index (χ0) is 20.9. The molecule has 0 unspecified atom stereocenters. The minimum atomic E-state index is 0.530. The van der Waals surface area contributed by atoms with Crippen LogP contribution in [0.5, 0.6) is 0 Å². The van der Waals surface area contributed by atoms with Gasteiger partial charge in [0.05, 0.1) is 26.4 Å². The molecule has 0 bridgehead atoms. The lowest BCUT2D eigenvalue weighted by Gasteiger charge is -2.17. The van der Waals surface area contributed by atoms with Gasteiger partial charge in [0, 0.05) is 32.7 Å². The molecular weight excluding hydrogens is 382 g/mol. The molecule has 1 aromatic heterocycles. The van der Waals surface area contributed by atoms with Crippen LogP contribution in [0.4, 0.5) is 17.8 Å². The molecule has 2 aromatic rings. The Labute approximate surface area is 178 Å². The third kappa shape index (κ3) is 7.74. The predicted octanol–water partition coefficient (Wildman–Crippen LogP) is 1.53. The summed E-state index contributed by atoms with van der Waals surface area (Å²) < 4.78 is 10.8. The number of hydrogen-bond acceptors (Lipinski definition) is 9. The van der Waals surface area contributed by atoms with Crippen LogP contribution in [-0.4, -0.2) is 74.1 Å². The van der Waals surface area contributed by atoms with Crippen LogP contribution < -0.4 is 21.3 Å². The molecule has 1 aliphatic rings. The first-order valence-electron chi connectivity index (χ1n) is 10.7. The van der Waals surface area contributed by atoms with Gasteiger partial charge in [-0.25, -0.2) is 0 Å². The molecule has 9 heteroatoms. The summed E-state index contributed by atoms with van der Waals surface area (Å²) in [6, 6.07) is 10.4. The molecule has 2 heterocycles. The van der Waals surface area contributed by atoms with Crippen LogP contribution in [-0.2, 0) is 15.9 Å². The number of rotatable bonds is 14. The van der Waals surface area contributed by atoms with Crippen molar-refractivity contribution in [1.29, 1.82) is 0 Å². The van der Waals surface area contributed by atoms with Crippen molar-refractivity contribution < 1.29 is 9.47 Å². The summed E-state index contributed by atoms with van der Waals surface area (Å²) in [5.74, 6) is 1.89. The maximum atomic E-state index is 5.55. The first-order valence-corrected chi connectivity index (χ1v) is 10.7. The Bertz CT molecular complexity index is 727. The van der Waals surface area contributed by atoms with E-state index in [0.29, 0.717) is 51.4 Å². The lowest BCUT2D eigenvalue weighted by atomic mass is 10.1. The third-order valence-corrected chi connectivity index (χ3v) is 4.72. The van der Waals surface area contributed by atoms with Gasteiger partial charge in [0.25, 0.3) is 0 Å². The van der Waals surface area contributed by atoms with Crippen molar-refractivity contribution in [3.8, 4) is 0 Å². The van der Waals surface area contributed by atoms with Gasteiger partial charge in [-0.15, -0.1) is 0 Å². The molecule has 164 valence electrons. The second-order valence-electron chi connectivity index (χ2n) is 7.08. The summed E-state index contributed by atoms with van der Waals surface area (Å²) in [5.41, 5.74) is 6.66. The second kappa shape index (κ2) is 12.9. The van der Waals surface area contributed by atoms with E-state index in [1.807, 2.05) is 6.07 Å². The SMILES string of the molecule is NCCOCCOCCNc1nc(NCCc2ccccc2)nc(N2CCCC2)n1. The highest BCUT2D eigenvalue weighted by atomic mass is 16.5. The number of nitrogens with one attached hydrogen (secondary N) is 2. The van der Waals surface area contributed by atoms with Crippen LogP contribution in [0.2, 0.25) is 0 Å². The largest absolute Gasteiger partial charge is 0.378 e. The Morgan fingerprint density at radius 3 is 2.20 bits per heavy atom. The van der Waals surface area contributed by atoms with E-state index >= 15 is 0 Å². The van der Waals surface area contributed by atoms with Crippen LogP contribution >= 0.6 is 0 Å². The zero-order valence-corrected chi connectivity index (χ0v) is 17.6. The van der Waals surface area contributed by atoms with E-state index in [4.69, 9.17) is 15.2 Å². The molecule has 0 aliphatic carbocycles. The molecule has 4 N–H and O–H groups in total. The quantitative estimate of drug-likeness (QED) is 0.396. The summed E-state index contributed by atoms with van der Waals surface area (Å²) in [5, 5.41) is 6.59. The molecule has 1 fully saturated rings. The Morgan fingerprint density at radius 2 is 1.50 bits per heavy atom. The summed E-state index contributed by atoms with van der Waals surface area (Å²) >= 11 is 0. The van der Waals surface area contributed by atoms with Gasteiger partial charge < -0.3 is 30.7 Å². The lowest BCUT2D eigenvalue weighted by molar-refractivity contribution is 0.0547. The maximum Gasteiger partial charge on any atom is 0.231 e. The van der Waals surface area contributed by atoms with E-state index < -0.39 is 0 Å². The minimum absolute atomic E-state index is 0.530. The molecule has 1 aromatic carbocycles. The van der Waals surface area contributed by atoms with Gasteiger partial charge in [0.1, 0.15) is 0 Å². The fourth-order valence-corrected chi connectivity index (χ4v) is 3.19. The monoisotopic (exact) mass is 415 g/mol. The van der Waals surface area contributed by atoms with E-state index in [9.17, 15) is 0 Å². The molecule has 0 atom stereocenters. The first-order chi connectivity index (χ1) is 14.8. The Balaban J connectivity index is 1.50. The summed E-state index contributed by atoms with van der Waals surface area (Å²) in [6.07, 6.45) is 3.25. The van der Waals surface area contributed by atoms with Gasteiger partial charge >= 0.3 is 0 Å². The highest BCUT2D eigenvalue weighted by molar-refractivity contribution is 5.44. The maximum absolute atomic E-state index is 5.55. The van der Waals surface area contributed by atoms with Gasteiger partial charge in [-0.2, -0.15) is 15.0 Å². The molecule has 0 saturated carbocycles. The number of benzene rings is 1. The standard InChI is InChI=1S/C21H33N7O2/c22-9-14-29-16-17-30-15-11-24-20-25-19(23-10-8-18-6-2-1-3-7-18)26-21(27-20)28-12-4-5-13-28/h1-3,6-7H,4-5,8-17,22H2,(H2,23,24,25,26,27). The molecule has 9 nitrogen and oxygen atoms in total. The molecule has 0 spiro atoms. The van der Waals surface area contributed by atoms with E-state index in [0.717, 1.165) is 32.0 Å². The van der Waals surface area contributed by atoms with Crippen LogP contribution in [0.25, 0.3) is 0 Å². The summed E-state index contributed by atoms with van der Waals surface area (Å²) in [6.45, 7) is 6.09. The van der Waals surface area contributed by atoms with Crippen molar-refractivity contribution in [2.75, 3.05) is 74.7 Å². The smallest absolute Gasteiger partial charge is 0.231 e. The predicted molar refractivity (Wildman–Crippen MR) is 119 cm³/mol. The van der Waals surface area contributed by atoms with Gasteiger partial charge in [0.15, 0.2) is 0 Å². The van der Waals surface area contributed by atoms with E-state index in [1.54, 1.807) is 0 Å². The molecule has 3 rings (SSSR count). The van der Waals surface area contributed by atoms with Crippen LogP contribution in [0.1, 0.15) is 18.4 Å². The topological polar surface area (TPSA) is 110 Å². The molecule has 1 aliphatic heterocycles. The second-order valence-corrected chi connectivity index (χ2v) is 7.08. The average Bonchev–Trinajstić information content (AvgIpc) is 3.31. The number of aromatic nitrogens is 3. The average molecular weight is 416 g/mol. The van der Waals surface area contributed by atoms with Gasteiger partial charge in [-0.3, -0.25) is 0 Å². The highest BCUT2D eigenvalue weighted by Gasteiger charge is 2.17. The molecule has 0 amide bonds. The molecule has 0 radical (unpaired) electrons. The van der Waals surface area contributed by atoms with E-state index in [-0.39, 0.29) is 0 Å².